The molecule has 1 aliphatic heterocycles. The Morgan fingerprint density at radius 2 is 2.27 bits per heavy atom. The average Bonchev–Trinajstić information content (AvgIpc) is 2.53. The molecule has 0 saturated carbocycles. The summed E-state index contributed by atoms with van der Waals surface area (Å²) in [7, 11) is 0. The van der Waals surface area contributed by atoms with Crippen LogP contribution in [0.4, 0.5) is 4.39 Å². The summed E-state index contributed by atoms with van der Waals surface area (Å²) in [5.41, 5.74) is 2.94. The molecule has 4 nitrogen and oxygen atoms in total. The fourth-order valence-electron chi connectivity index (χ4n) is 2.59. The van der Waals surface area contributed by atoms with Crippen molar-refractivity contribution in [2.45, 2.75) is 13.3 Å². The van der Waals surface area contributed by atoms with E-state index in [-0.39, 0.29) is 11.7 Å². The molecule has 1 aliphatic rings. The second kappa shape index (κ2) is 6.23. The van der Waals surface area contributed by atoms with E-state index in [1.54, 1.807) is 19.1 Å². The SMILES string of the molecule is Cc1nc2cc(F)ccc2cc1C(=O)NCC1=CCNCC1. The number of nitrogens with one attached hydrogen (secondary N) is 2. The van der Waals surface area contributed by atoms with Gasteiger partial charge in [-0.2, -0.15) is 0 Å². The minimum Gasteiger partial charge on any atom is -0.348 e. The molecule has 0 saturated heterocycles. The fourth-order valence-corrected chi connectivity index (χ4v) is 2.59. The van der Waals surface area contributed by atoms with Crippen molar-refractivity contribution in [3.05, 3.63) is 53.0 Å². The average molecular weight is 299 g/mol. The Morgan fingerprint density at radius 3 is 3.05 bits per heavy atom. The second-order valence-electron chi connectivity index (χ2n) is 5.46. The van der Waals surface area contributed by atoms with Gasteiger partial charge < -0.3 is 10.6 Å². The van der Waals surface area contributed by atoms with E-state index in [0.29, 0.717) is 23.3 Å². The van der Waals surface area contributed by atoms with E-state index in [9.17, 15) is 9.18 Å². The molecule has 0 atom stereocenters. The van der Waals surface area contributed by atoms with Gasteiger partial charge in [-0.1, -0.05) is 11.6 Å². The molecule has 5 heteroatoms. The maximum absolute atomic E-state index is 13.2. The van der Waals surface area contributed by atoms with Crippen LogP contribution in [0.1, 0.15) is 22.5 Å². The predicted octanol–water partition coefficient (Wildman–Crippen LogP) is 2.33. The molecular formula is C17H18FN3O. The predicted molar refractivity (Wildman–Crippen MR) is 84.3 cm³/mol. The van der Waals surface area contributed by atoms with Crippen LogP contribution in [0.5, 0.6) is 0 Å². The van der Waals surface area contributed by atoms with Gasteiger partial charge in [0.05, 0.1) is 16.8 Å². The molecule has 2 heterocycles. The van der Waals surface area contributed by atoms with Crippen molar-refractivity contribution >= 4 is 16.8 Å². The molecule has 0 bridgehead atoms. The van der Waals surface area contributed by atoms with Gasteiger partial charge in [-0.3, -0.25) is 9.78 Å². The van der Waals surface area contributed by atoms with Gasteiger partial charge in [-0.05, 0) is 38.1 Å². The molecule has 2 aromatic rings. The summed E-state index contributed by atoms with van der Waals surface area (Å²) in [6, 6.07) is 6.16. The van der Waals surface area contributed by atoms with Crippen LogP contribution in [-0.2, 0) is 0 Å². The van der Waals surface area contributed by atoms with Crippen molar-refractivity contribution in [1.29, 1.82) is 0 Å². The zero-order valence-corrected chi connectivity index (χ0v) is 12.4. The third kappa shape index (κ3) is 3.14. The number of aryl methyl sites for hydroxylation is 1. The summed E-state index contributed by atoms with van der Waals surface area (Å²) in [6.45, 7) is 4.13. The molecule has 1 amide bonds. The molecule has 0 unspecified atom stereocenters. The van der Waals surface area contributed by atoms with Gasteiger partial charge in [0.25, 0.3) is 5.91 Å². The van der Waals surface area contributed by atoms with Crippen molar-refractivity contribution in [2.24, 2.45) is 0 Å². The summed E-state index contributed by atoms with van der Waals surface area (Å²) < 4.78 is 13.2. The van der Waals surface area contributed by atoms with Gasteiger partial charge >= 0.3 is 0 Å². The maximum Gasteiger partial charge on any atom is 0.253 e. The van der Waals surface area contributed by atoms with Crippen LogP contribution in [0.3, 0.4) is 0 Å². The highest BCUT2D eigenvalue weighted by atomic mass is 19.1. The normalized spacial score (nSPS) is 14.7. The number of halogens is 1. The van der Waals surface area contributed by atoms with Crippen LogP contribution in [0.2, 0.25) is 0 Å². The van der Waals surface area contributed by atoms with Gasteiger partial charge in [-0.25, -0.2) is 4.39 Å². The third-order valence-corrected chi connectivity index (χ3v) is 3.85. The standard InChI is InChI=1S/C17H18FN3O/c1-11-15(8-13-2-3-14(18)9-16(13)21-11)17(22)20-10-12-4-6-19-7-5-12/h2-4,8-9,19H,5-7,10H2,1H3,(H,20,22). The van der Waals surface area contributed by atoms with E-state index in [0.717, 1.165) is 24.9 Å². The highest BCUT2D eigenvalue weighted by Crippen LogP contribution is 2.18. The molecule has 0 aliphatic carbocycles. The van der Waals surface area contributed by atoms with E-state index in [1.165, 1.54) is 17.7 Å². The Bertz CT molecular complexity index is 755. The van der Waals surface area contributed by atoms with E-state index in [2.05, 4.69) is 21.7 Å². The number of rotatable bonds is 3. The minimum atomic E-state index is -0.325. The van der Waals surface area contributed by atoms with Crippen molar-refractivity contribution < 1.29 is 9.18 Å². The number of fused-ring (bicyclic) bond motifs is 1. The topological polar surface area (TPSA) is 54.0 Å². The number of carbonyl (C=O) groups excluding carboxylic acids is 1. The third-order valence-electron chi connectivity index (χ3n) is 3.85. The number of hydrogen-bond donors (Lipinski definition) is 2. The van der Waals surface area contributed by atoms with Gasteiger partial charge in [0.1, 0.15) is 5.82 Å². The molecule has 3 rings (SSSR count). The Morgan fingerprint density at radius 1 is 1.41 bits per heavy atom. The number of aromatic nitrogens is 1. The number of pyridine rings is 1. The van der Waals surface area contributed by atoms with Crippen LogP contribution in [-0.4, -0.2) is 30.5 Å². The summed E-state index contributed by atoms with van der Waals surface area (Å²) in [6.07, 6.45) is 3.06. The largest absolute Gasteiger partial charge is 0.348 e. The number of carbonyl (C=O) groups is 1. The number of nitrogens with zero attached hydrogens (tertiary/aromatic N) is 1. The van der Waals surface area contributed by atoms with E-state index >= 15 is 0 Å². The van der Waals surface area contributed by atoms with Gasteiger partial charge in [0.2, 0.25) is 0 Å². The molecule has 22 heavy (non-hydrogen) atoms. The first-order valence-corrected chi connectivity index (χ1v) is 7.37. The second-order valence-corrected chi connectivity index (χ2v) is 5.46. The lowest BCUT2D eigenvalue weighted by molar-refractivity contribution is 0.0956. The van der Waals surface area contributed by atoms with Crippen LogP contribution < -0.4 is 10.6 Å². The molecule has 0 radical (unpaired) electrons. The first-order valence-electron chi connectivity index (χ1n) is 7.37. The van der Waals surface area contributed by atoms with E-state index in [4.69, 9.17) is 0 Å². The van der Waals surface area contributed by atoms with Crippen LogP contribution in [0, 0.1) is 12.7 Å². The van der Waals surface area contributed by atoms with E-state index < -0.39 is 0 Å². The molecule has 114 valence electrons. The highest BCUT2D eigenvalue weighted by Gasteiger charge is 2.13. The number of benzene rings is 1. The van der Waals surface area contributed by atoms with E-state index in [1.807, 2.05) is 0 Å². The van der Waals surface area contributed by atoms with Gasteiger partial charge in [0.15, 0.2) is 0 Å². The van der Waals surface area contributed by atoms with Crippen LogP contribution in [0.15, 0.2) is 35.9 Å². The zero-order chi connectivity index (χ0) is 15.5. The van der Waals surface area contributed by atoms with Crippen molar-refractivity contribution in [3.63, 3.8) is 0 Å². The van der Waals surface area contributed by atoms with Crippen molar-refractivity contribution in [3.8, 4) is 0 Å². The summed E-state index contributed by atoms with van der Waals surface area (Å²) >= 11 is 0. The minimum absolute atomic E-state index is 0.143. The molecule has 1 aromatic carbocycles. The lowest BCUT2D eigenvalue weighted by Gasteiger charge is -2.15. The number of hydrogen-bond acceptors (Lipinski definition) is 3. The monoisotopic (exact) mass is 299 g/mol. The van der Waals surface area contributed by atoms with Gasteiger partial charge in [-0.15, -0.1) is 0 Å². The van der Waals surface area contributed by atoms with Crippen molar-refractivity contribution in [2.75, 3.05) is 19.6 Å². The first kappa shape index (κ1) is 14.7. The van der Waals surface area contributed by atoms with Crippen LogP contribution in [0.25, 0.3) is 10.9 Å². The molecule has 0 fully saturated rings. The summed E-state index contributed by atoms with van der Waals surface area (Å²) in [5, 5.41) is 6.94. The highest BCUT2D eigenvalue weighted by molar-refractivity contribution is 5.98. The Hall–Kier alpha value is -2.27. The smallest absolute Gasteiger partial charge is 0.253 e. The first-order chi connectivity index (χ1) is 10.6. The molecular weight excluding hydrogens is 281 g/mol. The van der Waals surface area contributed by atoms with Crippen molar-refractivity contribution in [1.82, 2.24) is 15.6 Å². The zero-order valence-electron chi connectivity index (χ0n) is 12.4. The summed E-state index contributed by atoms with van der Waals surface area (Å²) in [5.74, 6) is -0.467. The molecule has 0 spiro atoms. The lowest BCUT2D eigenvalue weighted by atomic mass is 10.1. The number of amides is 1. The quantitative estimate of drug-likeness (QED) is 0.855. The summed E-state index contributed by atoms with van der Waals surface area (Å²) in [4.78, 5) is 16.7. The Labute approximate surface area is 128 Å². The fraction of sp³-hybridized carbons (Fsp3) is 0.294. The van der Waals surface area contributed by atoms with Gasteiger partial charge in [0, 0.05) is 24.5 Å². The van der Waals surface area contributed by atoms with Crippen LogP contribution >= 0.6 is 0 Å². The Kier molecular flexibility index (Phi) is 4.15. The Balaban J connectivity index is 1.79. The maximum atomic E-state index is 13.2. The lowest BCUT2D eigenvalue weighted by Crippen LogP contribution is -2.30. The molecule has 1 aromatic heterocycles. The molecule has 2 N–H and O–H groups in total.